The molecule has 4 rings (SSSR count). The van der Waals surface area contributed by atoms with E-state index in [9.17, 15) is 13.2 Å². The Bertz CT molecular complexity index is 1040. The summed E-state index contributed by atoms with van der Waals surface area (Å²) in [6.45, 7) is 1.64. The van der Waals surface area contributed by atoms with Crippen LogP contribution >= 0.6 is 11.6 Å². The van der Waals surface area contributed by atoms with Crippen LogP contribution in [0.2, 0.25) is 0 Å². The first-order valence-corrected chi connectivity index (χ1v) is 12.3. The van der Waals surface area contributed by atoms with Crippen molar-refractivity contribution in [2.75, 3.05) is 29.2 Å². The molecule has 0 spiro atoms. The summed E-state index contributed by atoms with van der Waals surface area (Å²) in [5.41, 5.74) is 3.34. The molecule has 1 aliphatic carbocycles. The number of carbonyl (C=O) groups is 1. The van der Waals surface area contributed by atoms with Crippen LogP contribution in [0.25, 0.3) is 0 Å². The van der Waals surface area contributed by atoms with Gasteiger partial charge in [-0.3, -0.25) is 4.79 Å². The van der Waals surface area contributed by atoms with Crippen molar-refractivity contribution in [3.05, 3.63) is 53.6 Å². The molecule has 1 unspecified atom stereocenters. The van der Waals surface area contributed by atoms with E-state index in [1.54, 1.807) is 12.1 Å². The van der Waals surface area contributed by atoms with Crippen LogP contribution in [0.3, 0.4) is 0 Å². The summed E-state index contributed by atoms with van der Waals surface area (Å²) in [6, 6.07) is 12.8. The predicted octanol–water partition coefficient (Wildman–Crippen LogP) is 3.82. The Morgan fingerprint density at radius 3 is 2.63 bits per heavy atom. The van der Waals surface area contributed by atoms with Crippen LogP contribution in [-0.4, -0.2) is 33.3 Å². The van der Waals surface area contributed by atoms with Crippen LogP contribution < -0.4 is 14.9 Å². The third-order valence-corrected chi connectivity index (χ3v) is 7.51. The highest BCUT2D eigenvalue weighted by Crippen LogP contribution is 2.34. The lowest BCUT2D eigenvalue weighted by Crippen LogP contribution is -2.32. The first-order valence-electron chi connectivity index (χ1n) is 10.3. The van der Waals surface area contributed by atoms with Gasteiger partial charge in [0, 0.05) is 24.8 Å². The SMILES string of the molecule is O=C(CCl)Nc1ccc(N2CCCC2)c(S(=O)(=O)NC2CCCc3ccccc32)c1. The van der Waals surface area contributed by atoms with E-state index >= 15 is 0 Å². The first-order chi connectivity index (χ1) is 14.5. The van der Waals surface area contributed by atoms with Crippen LogP contribution in [0.5, 0.6) is 0 Å². The third kappa shape index (κ3) is 4.48. The normalized spacial score (nSPS) is 18.8. The number of nitrogens with one attached hydrogen (secondary N) is 2. The molecule has 1 heterocycles. The number of anilines is 2. The van der Waals surface area contributed by atoms with Gasteiger partial charge in [-0.15, -0.1) is 11.6 Å². The van der Waals surface area contributed by atoms with E-state index in [4.69, 9.17) is 11.6 Å². The van der Waals surface area contributed by atoms with Crippen molar-refractivity contribution in [3.63, 3.8) is 0 Å². The molecular weight excluding hydrogens is 422 g/mol. The van der Waals surface area contributed by atoms with E-state index in [1.165, 1.54) is 11.6 Å². The van der Waals surface area contributed by atoms with Crippen molar-refractivity contribution >= 4 is 38.9 Å². The Labute approximate surface area is 182 Å². The van der Waals surface area contributed by atoms with E-state index in [2.05, 4.69) is 21.0 Å². The fraction of sp³-hybridized carbons (Fsp3) is 0.409. The number of rotatable bonds is 6. The molecule has 30 heavy (non-hydrogen) atoms. The molecule has 2 N–H and O–H groups in total. The van der Waals surface area contributed by atoms with Crippen LogP contribution in [-0.2, 0) is 21.2 Å². The second kappa shape index (κ2) is 8.96. The molecule has 8 heteroatoms. The van der Waals surface area contributed by atoms with Crippen molar-refractivity contribution in [1.29, 1.82) is 0 Å². The maximum absolute atomic E-state index is 13.5. The number of nitrogens with zero attached hydrogens (tertiary/aromatic N) is 1. The van der Waals surface area contributed by atoms with Gasteiger partial charge in [0.05, 0.1) is 5.69 Å². The Kier molecular flexibility index (Phi) is 6.32. The highest BCUT2D eigenvalue weighted by Gasteiger charge is 2.29. The van der Waals surface area contributed by atoms with E-state index in [0.717, 1.165) is 50.8 Å². The van der Waals surface area contributed by atoms with Crippen molar-refractivity contribution in [3.8, 4) is 0 Å². The van der Waals surface area contributed by atoms with Crippen LogP contribution in [0.15, 0.2) is 47.4 Å². The Morgan fingerprint density at radius 1 is 1.10 bits per heavy atom. The van der Waals surface area contributed by atoms with Gasteiger partial charge in [0.15, 0.2) is 0 Å². The highest BCUT2D eigenvalue weighted by molar-refractivity contribution is 7.89. The number of halogens is 1. The number of carbonyl (C=O) groups excluding carboxylic acids is 1. The lowest BCUT2D eigenvalue weighted by molar-refractivity contribution is -0.113. The fourth-order valence-electron chi connectivity index (χ4n) is 4.35. The summed E-state index contributed by atoms with van der Waals surface area (Å²) in [6.07, 6.45) is 4.74. The zero-order valence-corrected chi connectivity index (χ0v) is 18.3. The molecule has 1 fully saturated rings. The number of aryl methyl sites for hydroxylation is 1. The molecule has 0 aromatic heterocycles. The average Bonchev–Trinajstić information content (AvgIpc) is 3.28. The molecule has 160 valence electrons. The zero-order chi connectivity index (χ0) is 21.1. The van der Waals surface area contributed by atoms with Crippen LogP contribution in [0, 0.1) is 0 Å². The number of hydrogen-bond acceptors (Lipinski definition) is 4. The third-order valence-electron chi connectivity index (χ3n) is 5.77. The van der Waals surface area contributed by atoms with Crippen LogP contribution in [0.4, 0.5) is 11.4 Å². The largest absolute Gasteiger partial charge is 0.370 e. The summed E-state index contributed by atoms with van der Waals surface area (Å²) < 4.78 is 30.0. The monoisotopic (exact) mass is 447 g/mol. The fourth-order valence-corrected chi connectivity index (χ4v) is 5.92. The van der Waals surface area contributed by atoms with Gasteiger partial charge >= 0.3 is 0 Å². The molecule has 1 atom stereocenters. The molecule has 2 aromatic rings. The maximum atomic E-state index is 13.5. The quantitative estimate of drug-likeness (QED) is 0.660. The molecule has 0 radical (unpaired) electrons. The minimum atomic E-state index is -3.81. The van der Waals surface area contributed by atoms with Gasteiger partial charge in [-0.05, 0) is 61.4 Å². The van der Waals surface area contributed by atoms with E-state index in [0.29, 0.717) is 11.4 Å². The number of hydrogen-bond donors (Lipinski definition) is 2. The minimum Gasteiger partial charge on any atom is -0.370 e. The topological polar surface area (TPSA) is 78.5 Å². The number of fused-ring (bicyclic) bond motifs is 1. The molecule has 0 bridgehead atoms. The summed E-state index contributed by atoms with van der Waals surface area (Å²) in [7, 11) is -3.81. The van der Waals surface area contributed by atoms with E-state index < -0.39 is 10.0 Å². The van der Waals surface area contributed by atoms with Crippen molar-refractivity contribution < 1.29 is 13.2 Å². The first kappa shape index (κ1) is 21.2. The van der Waals surface area contributed by atoms with Crippen LogP contribution in [0.1, 0.15) is 42.9 Å². The number of alkyl halides is 1. The second-order valence-corrected chi connectivity index (χ2v) is 9.77. The van der Waals surface area contributed by atoms with Gasteiger partial charge < -0.3 is 10.2 Å². The molecule has 1 amide bonds. The standard InChI is InChI=1S/C22H26ClN3O3S/c23-15-22(27)24-17-10-11-20(26-12-3-4-13-26)21(14-17)30(28,29)25-19-9-5-7-16-6-1-2-8-18(16)19/h1-2,6,8,10-11,14,19,25H,3-5,7,9,12-13,15H2,(H,24,27). The molecular formula is C22H26ClN3O3S. The Morgan fingerprint density at radius 2 is 1.87 bits per heavy atom. The number of amides is 1. The molecule has 1 aliphatic heterocycles. The summed E-state index contributed by atoms with van der Waals surface area (Å²) in [4.78, 5) is 14.0. The highest BCUT2D eigenvalue weighted by atomic mass is 35.5. The Hall–Kier alpha value is -2.09. The maximum Gasteiger partial charge on any atom is 0.243 e. The second-order valence-electron chi connectivity index (χ2n) is 7.82. The Balaban J connectivity index is 1.69. The minimum absolute atomic E-state index is 0.187. The molecule has 0 saturated carbocycles. The van der Waals surface area contributed by atoms with Gasteiger partial charge in [0.25, 0.3) is 0 Å². The summed E-state index contributed by atoms with van der Waals surface area (Å²) in [5.74, 6) is -0.560. The molecule has 1 saturated heterocycles. The van der Waals surface area contributed by atoms with Gasteiger partial charge in [-0.25, -0.2) is 13.1 Å². The summed E-state index contributed by atoms with van der Waals surface area (Å²) in [5, 5.41) is 2.66. The predicted molar refractivity (Wildman–Crippen MR) is 120 cm³/mol. The van der Waals surface area contributed by atoms with Gasteiger partial charge in [-0.1, -0.05) is 24.3 Å². The molecule has 2 aliphatic rings. The van der Waals surface area contributed by atoms with Crippen molar-refractivity contribution in [2.24, 2.45) is 0 Å². The van der Waals surface area contributed by atoms with Crippen molar-refractivity contribution in [1.82, 2.24) is 4.72 Å². The average molecular weight is 448 g/mol. The number of benzene rings is 2. The lowest BCUT2D eigenvalue weighted by Gasteiger charge is -2.28. The number of sulfonamides is 1. The van der Waals surface area contributed by atoms with Gasteiger partial charge in [0.2, 0.25) is 15.9 Å². The summed E-state index contributed by atoms with van der Waals surface area (Å²) >= 11 is 5.59. The van der Waals surface area contributed by atoms with Gasteiger partial charge in [0.1, 0.15) is 10.8 Å². The zero-order valence-electron chi connectivity index (χ0n) is 16.7. The molecule has 6 nitrogen and oxygen atoms in total. The smallest absolute Gasteiger partial charge is 0.243 e. The van der Waals surface area contributed by atoms with E-state index in [1.807, 2.05) is 18.2 Å². The van der Waals surface area contributed by atoms with Crippen molar-refractivity contribution in [2.45, 2.75) is 43.0 Å². The van der Waals surface area contributed by atoms with E-state index in [-0.39, 0.29) is 22.7 Å². The molecule has 2 aromatic carbocycles. The van der Waals surface area contributed by atoms with Gasteiger partial charge in [-0.2, -0.15) is 0 Å². The lowest BCUT2D eigenvalue weighted by atomic mass is 9.88.